The topological polar surface area (TPSA) is 34.1 Å². The number of rotatable bonds is 4. The van der Waals surface area contributed by atoms with Crippen LogP contribution < -0.4 is 0 Å². The van der Waals surface area contributed by atoms with Crippen molar-refractivity contribution in [2.45, 2.75) is 0 Å². The number of allylic oxidation sites excluding steroid dienone is 2. The maximum absolute atomic E-state index is 14.4. The summed E-state index contributed by atoms with van der Waals surface area (Å²) in [6, 6.07) is 28.1. The van der Waals surface area contributed by atoms with Gasteiger partial charge < -0.3 is 0 Å². The molecule has 4 aromatic rings. The molecule has 0 aromatic heterocycles. The fraction of sp³-hybridized carbons (Fsp3) is 0. The van der Waals surface area contributed by atoms with E-state index in [1.165, 1.54) is 0 Å². The van der Waals surface area contributed by atoms with Gasteiger partial charge in [0.05, 0.1) is 0 Å². The number of hydrogen-bond donors (Lipinski definition) is 0. The van der Waals surface area contributed by atoms with Gasteiger partial charge in [-0.3, -0.25) is 0 Å². The molecule has 4 aromatic carbocycles. The van der Waals surface area contributed by atoms with Crippen molar-refractivity contribution in [3.63, 3.8) is 0 Å². The maximum atomic E-state index is 14.4. The van der Waals surface area contributed by atoms with Gasteiger partial charge in [-0.25, -0.2) is 0 Å². The Morgan fingerprint density at radius 2 is 0.600 bits per heavy atom. The van der Waals surface area contributed by atoms with Gasteiger partial charge in [0.2, 0.25) is 0 Å². The first-order valence-electron chi connectivity index (χ1n) is 10.5. The van der Waals surface area contributed by atoms with E-state index in [1.807, 2.05) is 24.3 Å². The molecule has 0 unspecified atom stereocenters. The average molecular weight is 605 g/mol. The van der Waals surface area contributed by atoms with Crippen molar-refractivity contribution in [2.24, 2.45) is 0 Å². The molecule has 0 fully saturated rings. The molecule has 1 aliphatic rings. The van der Waals surface area contributed by atoms with Crippen LogP contribution in [0.1, 0.15) is 22.3 Å². The minimum absolute atomic E-state index is 0.273. The SMILES string of the molecule is O=[Se]1(=O)C(c2ccc(Cl)cc2)=C(c2ccc(Cl)cc2)C(c2ccc(Cl)cc2)=C1c1ccc(Cl)cc1. The summed E-state index contributed by atoms with van der Waals surface area (Å²) in [5.74, 6) is 0. The van der Waals surface area contributed by atoms with Crippen molar-refractivity contribution < 1.29 is 7.67 Å². The molecule has 174 valence electrons. The molecule has 35 heavy (non-hydrogen) atoms. The van der Waals surface area contributed by atoms with Crippen LogP contribution in [0.25, 0.3) is 20.1 Å². The van der Waals surface area contributed by atoms with Gasteiger partial charge in [0.15, 0.2) is 0 Å². The molecule has 0 saturated carbocycles. The molecule has 0 aliphatic carbocycles. The average Bonchev–Trinajstić information content (AvgIpc) is 3.08. The Morgan fingerprint density at radius 3 is 0.857 bits per heavy atom. The zero-order chi connectivity index (χ0) is 24.7. The van der Waals surface area contributed by atoms with E-state index in [-0.39, 0.29) is 8.94 Å². The normalized spacial score (nSPS) is 15.1. The van der Waals surface area contributed by atoms with Gasteiger partial charge in [0, 0.05) is 0 Å². The molecule has 0 bridgehead atoms. The third-order valence-electron chi connectivity index (χ3n) is 5.72. The Balaban J connectivity index is 1.92. The molecule has 5 rings (SSSR count). The zero-order valence-corrected chi connectivity index (χ0v) is 22.7. The first-order valence-corrected chi connectivity index (χ1v) is 15.2. The van der Waals surface area contributed by atoms with Crippen molar-refractivity contribution >= 4 is 79.2 Å². The van der Waals surface area contributed by atoms with E-state index in [1.54, 1.807) is 72.8 Å². The van der Waals surface area contributed by atoms with E-state index in [0.29, 0.717) is 42.4 Å². The summed E-state index contributed by atoms with van der Waals surface area (Å²) in [5.41, 5.74) is 3.84. The van der Waals surface area contributed by atoms with Gasteiger partial charge in [-0.15, -0.1) is 0 Å². The molecule has 1 aliphatic heterocycles. The summed E-state index contributed by atoms with van der Waals surface area (Å²) in [6.07, 6.45) is 0. The summed E-state index contributed by atoms with van der Waals surface area (Å²) < 4.78 is 29.4. The van der Waals surface area contributed by atoms with Crippen molar-refractivity contribution in [3.05, 3.63) is 139 Å². The quantitative estimate of drug-likeness (QED) is 0.218. The van der Waals surface area contributed by atoms with E-state index in [4.69, 9.17) is 46.4 Å². The van der Waals surface area contributed by atoms with E-state index >= 15 is 0 Å². The Morgan fingerprint density at radius 1 is 0.371 bits per heavy atom. The molecule has 1 heterocycles. The molecular formula is C28H16Cl4O2Se. The van der Waals surface area contributed by atoms with Gasteiger partial charge in [-0.1, -0.05) is 0 Å². The van der Waals surface area contributed by atoms with Gasteiger partial charge >= 0.3 is 226 Å². The van der Waals surface area contributed by atoms with Gasteiger partial charge in [-0.2, -0.15) is 0 Å². The molecule has 2 nitrogen and oxygen atoms in total. The second-order valence-corrected chi connectivity index (χ2v) is 13.5. The van der Waals surface area contributed by atoms with E-state index < -0.39 is 12.7 Å². The van der Waals surface area contributed by atoms with Gasteiger partial charge in [-0.05, 0) is 0 Å². The molecule has 0 spiro atoms. The van der Waals surface area contributed by atoms with Crippen LogP contribution in [-0.2, 0) is 7.67 Å². The third kappa shape index (κ3) is 4.61. The number of benzene rings is 4. The third-order valence-corrected chi connectivity index (χ3v) is 10.8. The van der Waals surface area contributed by atoms with Crippen LogP contribution in [0.3, 0.4) is 0 Å². The minimum atomic E-state index is -4.96. The van der Waals surface area contributed by atoms with Crippen molar-refractivity contribution in [2.75, 3.05) is 0 Å². The Bertz CT molecular complexity index is 1470. The Kier molecular flexibility index (Phi) is 6.67. The van der Waals surface area contributed by atoms with Crippen LogP contribution in [0.2, 0.25) is 20.1 Å². The predicted molar refractivity (Wildman–Crippen MR) is 147 cm³/mol. The first kappa shape index (κ1) is 24.3. The molecule has 7 heteroatoms. The number of halogens is 4. The van der Waals surface area contributed by atoms with Crippen LogP contribution in [0.4, 0.5) is 0 Å². The Hall–Kier alpha value is -2.36. The monoisotopic (exact) mass is 604 g/mol. The van der Waals surface area contributed by atoms with E-state index in [2.05, 4.69) is 0 Å². The van der Waals surface area contributed by atoms with Crippen molar-refractivity contribution in [1.29, 1.82) is 0 Å². The predicted octanol–water partition coefficient (Wildman–Crippen LogP) is 9.22. The summed E-state index contributed by atoms with van der Waals surface area (Å²) in [7, 11) is 0. The summed E-state index contributed by atoms with van der Waals surface area (Å²) >= 11 is 19.6. The molecule has 0 atom stereocenters. The first-order chi connectivity index (χ1) is 16.8. The Labute approximate surface area is 225 Å². The molecule has 0 N–H and O–H groups in total. The van der Waals surface area contributed by atoms with Crippen LogP contribution in [-0.4, -0.2) is 12.7 Å². The zero-order valence-electron chi connectivity index (χ0n) is 18.0. The van der Waals surface area contributed by atoms with E-state index in [0.717, 1.165) is 11.1 Å². The van der Waals surface area contributed by atoms with Crippen molar-refractivity contribution in [1.82, 2.24) is 0 Å². The van der Waals surface area contributed by atoms with Gasteiger partial charge in [0.1, 0.15) is 0 Å². The van der Waals surface area contributed by atoms with Crippen molar-refractivity contribution in [3.8, 4) is 0 Å². The second-order valence-electron chi connectivity index (χ2n) is 7.94. The van der Waals surface area contributed by atoms with Crippen LogP contribution in [0.15, 0.2) is 97.1 Å². The summed E-state index contributed by atoms with van der Waals surface area (Å²) in [4.78, 5) is 0. The van der Waals surface area contributed by atoms with E-state index in [9.17, 15) is 7.67 Å². The molecule has 0 amide bonds. The molecular weight excluding hydrogens is 589 g/mol. The van der Waals surface area contributed by atoms with Crippen LogP contribution in [0.5, 0.6) is 0 Å². The summed E-state index contributed by atoms with van der Waals surface area (Å²) in [6.45, 7) is 0. The standard InChI is InChI=1S/C28H16Cl4O2Se/c29-21-9-1-17(2-10-21)25-26(18-3-11-22(30)12-4-18)28(20-7-15-24(32)16-8-20)35(33,34)27(25)19-5-13-23(31)14-6-19/h1-16H. The van der Waals surface area contributed by atoms with Crippen LogP contribution in [0, 0.1) is 0 Å². The number of hydrogen-bond acceptors (Lipinski definition) is 2. The van der Waals surface area contributed by atoms with Gasteiger partial charge in [0.25, 0.3) is 0 Å². The molecule has 0 radical (unpaired) electrons. The summed E-state index contributed by atoms with van der Waals surface area (Å²) in [5, 5.41) is 2.17. The fourth-order valence-corrected chi connectivity index (χ4v) is 9.04. The molecule has 0 saturated heterocycles. The van der Waals surface area contributed by atoms with Crippen LogP contribution >= 0.6 is 46.4 Å². The fourth-order valence-electron chi connectivity index (χ4n) is 4.18. The second kappa shape index (κ2) is 9.59.